The fourth-order valence-corrected chi connectivity index (χ4v) is 3.23. The van der Waals surface area contributed by atoms with Crippen LogP contribution in [0.15, 0.2) is 0 Å². The molecule has 0 spiro atoms. The van der Waals surface area contributed by atoms with Crippen molar-refractivity contribution in [1.29, 1.82) is 0 Å². The standard InChI is InChI=1S/C18H38N2/c1-6-18(7-2,14-19-12-16(4)5)15-20(8-3)13-17-10-9-11-17/h16-17,19H,6-15H2,1-5H3. The predicted molar refractivity (Wildman–Crippen MR) is 90.2 cm³/mol. The first-order valence-electron chi connectivity index (χ1n) is 8.98. The van der Waals surface area contributed by atoms with E-state index in [9.17, 15) is 0 Å². The lowest BCUT2D eigenvalue weighted by atomic mass is 9.80. The van der Waals surface area contributed by atoms with Gasteiger partial charge in [-0.1, -0.05) is 41.0 Å². The van der Waals surface area contributed by atoms with Crippen LogP contribution in [0.4, 0.5) is 0 Å². The van der Waals surface area contributed by atoms with Crippen LogP contribution in [0.5, 0.6) is 0 Å². The van der Waals surface area contributed by atoms with Gasteiger partial charge in [0.1, 0.15) is 0 Å². The highest BCUT2D eigenvalue weighted by Crippen LogP contribution is 2.31. The largest absolute Gasteiger partial charge is 0.316 e. The number of hydrogen-bond acceptors (Lipinski definition) is 2. The highest BCUT2D eigenvalue weighted by molar-refractivity contribution is 4.84. The summed E-state index contributed by atoms with van der Waals surface area (Å²) in [4.78, 5) is 2.72. The molecule has 0 aliphatic heterocycles. The second-order valence-electron chi connectivity index (χ2n) is 7.36. The van der Waals surface area contributed by atoms with E-state index < -0.39 is 0 Å². The Morgan fingerprint density at radius 1 is 1.15 bits per heavy atom. The molecule has 1 N–H and O–H groups in total. The van der Waals surface area contributed by atoms with Crippen molar-refractivity contribution in [3.8, 4) is 0 Å². The minimum absolute atomic E-state index is 0.467. The third-order valence-electron chi connectivity index (χ3n) is 5.30. The molecule has 0 aromatic carbocycles. The van der Waals surface area contributed by atoms with Gasteiger partial charge in [0.25, 0.3) is 0 Å². The van der Waals surface area contributed by atoms with E-state index in [-0.39, 0.29) is 0 Å². The summed E-state index contributed by atoms with van der Waals surface area (Å²) in [5.41, 5.74) is 0.467. The van der Waals surface area contributed by atoms with Crippen LogP contribution >= 0.6 is 0 Å². The first-order chi connectivity index (χ1) is 9.55. The van der Waals surface area contributed by atoms with Crippen LogP contribution in [0.2, 0.25) is 0 Å². The lowest BCUT2D eigenvalue weighted by Crippen LogP contribution is -2.46. The Hall–Kier alpha value is -0.0800. The van der Waals surface area contributed by atoms with Crippen molar-refractivity contribution >= 4 is 0 Å². The summed E-state index contributed by atoms with van der Waals surface area (Å²) in [6.07, 6.45) is 6.97. The topological polar surface area (TPSA) is 15.3 Å². The van der Waals surface area contributed by atoms with Crippen LogP contribution in [0.3, 0.4) is 0 Å². The minimum Gasteiger partial charge on any atom is -0.316 e. The second-order valence-corrected chi connectivity index (χ2v) is 7.36. The molecule has 1 aliphatic carbocycles. The SMILES string of the molecule is CCN(CC1CCC1)CC(CC)(CC)CNCC(C)C. The van der Waals surface area contributed by atoms with Crippen LogP contribution in [0, 0.1) is 17.3 Å². The zero-order chi connectivity index (χ0) is 15.0. The van der Waals surface area contributed by atoms with Gasteiger partial charge in [0, 0.05) is 19.6 Å². The molecular weight excluding hydrogens is 244 g/mol. The minimum atomic E-state index is 0.467. The van der Waals surface area contributed by atoms with Crippen molar-refractivity contribution < 1.29 is 0 Å². The van der Waals surface area contributed by atoms with E-state index >= 15 is 0 Å². The van der Waals surface area contributed by atoms with Gasteiger partial charge in [-0.3, -0.25) is 0 Å². The summed E-state index contributed by atoms with van der Waals surface area (Å²) in [5, 5.41) is 3.71. The highest BCUT2D eigenvalue weighted by Gasteiger charge is 2.30. The smallest absolute Gasteiger partial charge is 0.00499 e. The maximum Gasteiger partial charge on any atom is 0.00499 e. The first kappa shape index (κ1) is 18.0. The Morgan fingerprint density at radius 3 is 2.20 bits per heavy atom. The van der Waals surface area contributed by atoms with Crippen LogP contribution in [0.25, 0.3) is 0 Å². The zero-order valence-electron chi connectivity index (χ0n) is 14.7. The third kappa shape index (κ3) is 5.73. The Kier molecular flexibility index (Phi) is 8.13. The molecule has 0 aromatic rings. The number of nitrogens with one attached hydrogen (secondary N) is 1. The number of rotatable bonds is 11. The molecule has 0 radical (unpaired) electrons. The lowest BCUT2D eigenvalue weighted by molar-refractivity contribution is 0.105. The van der Waals surface area contributed by atoms with Gasteiger partial charge in [0.05, 0.1) is 0 Å². The maximum absolute atomic E-state index is 3.71. The number of hydrogen-bond donors (Lipinski definition) is 1. The molecule has 0 amide bonds. The summed E-state index contributed by atoms with van der Waals surface area (Å²) in [7, 11) is 0. The van der Waals surface area contributed by atoms with Gasteiger partial charge in [-0.2, -0.15) is 0 Å². The van der Waals surface area contributed by atoms with Crippen molar-refractivity contribution in [1.82, 2.24) is 10.2 Å². The maximum atomic E-state index is 3.71. The Balaban J connectivity index is 2.48. The van der Waals surface area contributed by atoms with Crippen LogP contribution in [-0.2, 0) is 0 Å². The van der Waals surface area contributed by atoms with E-state index in [1.807, 2.05) is 0 Å². The molecule has 1 saturated carbocycles. The van der Waals surface area contributed by atoms with Gasteiger partial charge >= 0.3 is 0 Å². The van der Waals surface area contributed by atoms with Crippen LogP contribution < -0.4 is 5.32 Å². The van der Waals surface area contributed by atoms with Crippen molar-refractivity contribution in [2.75, 3.05) is 32.7 Å². The molecule has 0 atom stereocenters. The van der Waals surface area contributed by atoms with E-state index in [0.717, 1.165) is 18.4 Å². The summed E-state index contributed by atoms with van der Waals surface area (Å²) in [6, 6.07) is 0. The molecule has 1 aliphatic rings. The van der Waals surface area contributed by atoms with Gasteiger partial charge in [-0.25, -0.2) is 0 Å². The van der Waals surface area contributed by atoms with E-state index in [1.165, 1.54) is 58.3 Å². The molecule has 0 aromatic heterocycles. The first-order valence-corrected chi connectivity index (χ1v) is 8.98. The second kappa shape index (κ2) is 9.04. The van der Waals surface area contributed by atoms with Crippen molar-refractivity contribution in [2.45, 2.75) is 66.7 Å². The average molecular weight is 283 g/mol. The average Bonchev–Trinajstić information content (AvgIpc) is 2.39. The Morgan fingerprint density at radius 2 is 1.80 bits per heavy atom. The van der Waals surface area contributed by atoms with Crippen LogP contribution in [-0.4, -0.2) is 37.6 Å². The molecule has 0 heterocycles. The molecule has 2 heteroatoms. The third-order valence-corrected chi connectivity index (χ3v) is 5.30. The summed E-state index contributed by atoms with van der Waals surface area (Å²) in [5.74, 6) is 1.74. The van der Waals surface area contributed by atoms with Crippen LogP contribution in [0.1, 0.15) is 66.7 Å². The molecule has 2 nitrogen and oxygen atoms in total. The number of nitrogens with zero attached hydrogens (tertiary/aromatic N) is 1. The molecule has 0 unspecified atom stereocenters. The summed E-state index contributed by atoms with van der Waals surface area (Å²) < 4.78 is 0. The summed E-state index contributed by atoms with van der Waals surface area (Å²) in [6.45, 7) is 17.8. The summed E-state index contributed by atoms with van der Waals surface area (Å²) >= 11 is 0. The molecule has 120 valence electrons. The molecule has 20 heavy (non-hydrogen) atoms. The fourth-order valence-electron chi connectivity index (χ4n) is 3.23. The fraction of sp³-hybridized carbons (Fsp3) is 1.00. The van der Waals surface area contributed by atoms with E-state index in [0.29, 0.717) is 5.41 Å². The Labute approximate surface area is 127 Å². The monoisotopic (exact) mass is 282 g/mol. The van der Waals surface area contributed by atoms with Crippen molar-refractivity contribution in [3.63, 3.8) is 0 Å². The van der Waals surface area contributed by atoms with Crippen molar-refractivity contribution in [2.24, 2.45) is 17.3 Å². The predicted octanol–water partition coefficient (Wildman–Crippen LogP) is 4.16. The molecule has 1 fully saturated rings. The van der Waals surface area contributed by atoms with Gasteiger partial charge in [-0.15, -0.1) is 0 Å². The highest BCUT2D eigenvalue weighted by atomic mass is 15.1. The van der Waals surface area contributed by atoms with Crippen molar-refractivity contribution in [3.05, 3.63) is 0 Å². The van der Waals surface area contributed by atoms with Gasteiger partial charge in [0.15, 0.2) is 0 Å². The molecule has 0 bridgehead atoms. The lowest BCUT2D eigenvalue weighted by Gasteiger charge is -2.40. The normalized spacial score (nSPS) is 16.9. The quantitative estimate of drug-likeness (QED) is 0.612. The molecule has 0 saturated heterocycles. The Bertz CT molecular complexity index is 242. The van der Waals surface area contributed by atoms with E-state index in [2.05, 4.69) is 44.8 Å². The molecular formula is C18H38N2. The van der Waals surface area contributed by atoms with E-state index in [1.54, 1.807) is 0 Å². The van der Waals surface area contributed by atoms with Gasteiger partial charge < -0.3 is 10.2 Å². The zero-order valence-corrected chi connectivity index (χ0v) is 14.7. The molecule has 1 rings (SSSR count). The van der Waals surface area contributed by atoms with Gasteiger partial charge in [-0.05, 0) is 56.0 Å². The van der Waals surface area contributed by atoms with E-state index in [4.69, 9.17) is 0 Å². The van der Waals surface area contributed by atoms with Gasteiger partial charge in [0.2, 0.25) is 0 Å².